The predicted molar refractivity (Wildman–Crippen MR) is 94.7 cm³/mol. The van der Waals surface area contributed by atoms with Crippen molar-refractivity contribution < 1.29 is 5.11 Å². The Morgan fingerprint density at radius 1 is 1.36 bits per heavy atom. The first-order valence-corrected chi connectivity index (χ1v) is 9.16. The maximum absolute atomic E-state index is 9.61. The summed E-state index contributed by atoms with van der Waals surface area (Å²) in [4.78, 5) is 6.16. The second-order valence-corrected chi connectivity index (χ2v) is 7.65. The Morgan fingerprint density at radius 2 is 2.09 bits per heavy atom. The molecule has 0 saturated heterocycles. The lowest BCUT2D eigenvalue weighted by Crippen LogP contribution is -2.45. The minimum atomic E-state index is -0.115. The number of nitrogens with one attached hydrogen (secondary N) is 2. The lowest BCUT2D eigenvalue weighted by Gasteiger charge is -2.28. The zero-order valence-electron chi connectivity index (χ0n) is 13.9. The van der Waals surface area contributed by atoms with Gasteiger partial charge in [-0.25, -0.2) is 0 Å². The summed E-state index contributed by atoms with van der Waals surface area (Å²) >= 11 is 1.79. The summed E-state index contributed by atoms with van der Waals surface area (Å²) in [6.45, 7) is 8.19. The number of guanidine groups is 1. The molecule has 22 heavy (non-hydrogen) atoms. The molecule has 1 fully saturated rings. The summed E-state index contributed by atoms with van der Waals surface area (Å²) in [6, 6.07) is 4.71. The van der Waals surface area contributed by atoms with Gasteiger partial charge in [-0.1, -0.05) is 19.9 Å². The van der Waals surface area contributed by atoms with Crippen LogP contribution in [0.2, 0.25) is 0 Å². The predicted octanol–water partition coefficient (Wildman–Crippen LogP) is 2.88. The lowest BCUT2D eigenvalue weighted by molar-refractivity contribution is 0.120. The molecule has 4 nitrogen and oxygen atoms in total. The smallest absolute Gasteiger partial charge is 0.191 e. The maximum atomic E-state index is 9.61. The quantitative estimate of drug-likeness (QED) is 0.577. The van der Waals surface area contributed by atoms with Crippen LogP contribution in [0.1, 0.15) is 51.3 Å². The van der Waals surface area contributed by atoms with Crippen LogP contribution in [-0.2, 0) is 5.41 Å². The topological polar surface area (TPSA) is 56.7 Å². The van der Waals surface area contributed by atoms with Crippen LogP contribution in [0.5, 0.6) is 0 Å². The number of aliphatic hydroxyl groups excluding tert-OH is 1. The van der Waals surface area contributed by atoms with Crippen LogP contribution in [0.15, 0.2) is 22.5 Å². The molecule has 0 aromatic carbocycles. The van der Waals surface area contributed by atoms with Crippen LogP contribution in [-0.4, -0.2) is 36.3 Å². The van der Waals surface area contributed by atoms with Crippen LogP contribution in [0.3, 0.4) is 0 Å². The van der Waals surface area contributed by atoms with Gasteiger partial charge in [0.15, 0.2) is 5.96 Å². The molecule has 1 aliphatic rings. The fourth-order valence-corrected chi connectivity index (χ4v) is 3.60. The average molecular weight is 324 g/mol. The van der Waals surface area contributed by atoms with Crippen molar-refractivity contribution in [3.05, 3.63) is 22.4 Å². The summed E-state index contributed by atoms with van der Waals surface area (Å²) < 4.78 is 0. The highest BCUT2D eigenvalue weighted by atomic mass is 32.1. The van der Waals surface area contributed by atoms with E-state index in [-0.39, 0.29) is 11.5 Å². The van der Waals surface area contributed by atoms with Gasteiger partial charge in [-0.3, -0.25) is 4.99 Å². The van der Waals surface area contributed by atoms with E-state index in [0.29, 0.717) is 6.04 Å². The zero-order chi connectivity index (χ0) is 16.0. The van der Waals surface area contributed by atoms with Gasteiger partial charge in [-0.15, -0.1) is 11.3 Å². The van der Waals surface area contributed by atoms with Crippen molar-refractivity contribution >= 4 is 17.3 Å². The largest absolute Gasteiger partial charge is 0.393 e. The van der Waals surface area contributed by atoms with Gasteiger partial charge in [0.1, 0.15) is 0 Å². The number of aliphatic imine (C=N–C) groups is 1. The van der Waals surface area contributed by atoms with E-state index >= 15 is 0 Å². The molecule has 2 rings (SSSR count). The monoisotopic (exact) mass is 323 g/mol. The highest BCUT2D eigenvalue weighted by molar-refractivity contribution is 7.10. The van der Waals surface area contributed by atoms with Crippen LogP contribution >= 0.6 is 11.3 Å². The molecule has 1 aromatic rings. The summed E-state index contributed by atoms with van der Waals surface area (Å²) in [5.74, 6) is 0.897. The normalized spacial score (nSPS) is 23.4. The van der Waals surface area contributed by atoms with Gasteiger partial charge in [0.05, 0.1) is 12.6 Å². The molecule has 0 bridgehead atoms. The van der Waals surface area contributed by atoms with Gasteiger partial charge >= 0.3 is 0 Å². The Labute approximate surface area is 138 Å². The van der Waals surface area contributed by atoms with Crippen molar-refractivity contribution in [2.24, 2.45) is 4.99 Å². The van der Waals surface area contributed by atoms with E-state index in [1.807, 2.05) is 0 Å². The molecule has 3 N–H and O–H groups in total. The van der Waals surface area contributed by atoms with Crippen molar-refractivity contribution in [2.75, 3.05) is 13.1 Å². The van der Waals surface area contributed by atoms with Gasteiger partial charge in [0.25, 0.3) is 0 Å². The first-order valence-electron chi connectivity index (χ1n) is 8.28. The highest BCUT2D eigenvalue weighted by Crippen LogP contribution is 2.27. The second-order valence-electron chi connectivity index (χ2n) is 6.71. The minimum Gasteiger partial charge on any atom is -0.393 e. The molecule has 0 unspecified atom stereocenters. The standard InChI is InChI=1S/C17H29N3OS/c1-4-18-16(20-13-7-9-14(21)10-8-13)19-12-17(2,3)15-6-5-11-22-15/h5-6,11,13-14,21H,4,7-10,12H2,1-3H3,(H2,18,19,20). The maximum Gasteiger partial charge on any atom is 0.191 e. The van der Waals surface area contributed by atoms with E-state index in [1.54, 1.807) is 11.3 Å². The molecule has 0 aliphatic heterocycles. The second kappa shape index (κ2) is 7.97. The van der Waals surface area contributed by atoms with Crippen LogP contribution in [0.25, 0.3) is 0 Å². The zero-order valence-corrected chi connectivity index (χ0v) is 14.7. The molecule has 0 atom stereocenters. The van der Waals surface area contributed by atoms with E-state index in [0.717, 1.165) is 44.7 Å². The first kappa shape index (κ1) is 17.3. The Kier molecular flexibility index (Phi) is 6.26. The molecule has 0 amide bonds. The van der Waals surface area contributed by atoms with Gasteiger partial charge in [-0.2, -0.15) is 0 Å². The Bertz CT molecular complexity index is 462. The van der Waals surface area contributed by atoms with E-state index in [1.165, 1.54) is 4.88 Å². The third-order valence-electron chi connectivity index (χ3n) is 4.20. The van der Waals surface area contributed by atoms with E-state index in [9.17, 15) is 5.11 Å². The average Bonchev–Trinajstić information content (AvgIpc) is 3.02. The van der Waals surface area contributed by atoms with Gasteiger partial charge < -0.3 is 15.7 Å². The Morgan fingerprint density at radius 3 is 2.68 bits per heavy atom. The molecule has 1 aliphatic carbocycles. The van der Waals surface area contributed by atoms with E-state index in [4.69, 9.17) is 4.99 Å². The van der Waals surface area contributed by atoms with E-state index < -0.39 is 0 Å². The summed E-state index contributed by atoms with van der Waals surface area (Å²) in [7, 11) is 0. The molecular weight excluding hydrogens is 294 g/mol. The molecule has 0 spiro atoms. The fourth-order valence-electron chi connectivity index (χ4n) is 2.75. The molecule has 5 heteroatoms. The fraction of sp³-hybridized carbons (Fsp3) is 0.706. The number of rotatable bonds is 5. The molecule has 1 saturated carbocycles. The first-order chi connectivity index (χ1) is 10.5. The van der Waals surface area contributed by atoms with Crippen LogP contribution < -0.4 is 10.6 Å². The van der Waals surface area contributed by atoms with Gasteiger partial charge in [-0.05, 0) is 44.1 Å². The third kappa shape index (κ3) is 4.99. The van der Waals surface area contributed by atoms with Crippen molar-refractivity contribution in [1.82, 2.24) is 10.6 Å². The number of nitrogens with zero attached hydrogens (tertiary/aromatic N) is 1. The number of aliphatic hydroxyl groups is 1. The van der Waals surface area contributed by atoms with Crippen molar-refractivity contribution in [1.29, 1.82) is 0 Å². The van der Waals surface area contributed by atoms with Gasteiger partial charge in [0, 0.05) is 22.9 Å². The van der Waals surface area contributed by atoms with Gasteiger partial charge in [0.2, 0.25) is 0 Å². The molecular formula is C17H29N3OS. The molecule has 1 aromatic heterocycles. The summed E-state index contributed by atoms with van der Waals surface area (Å²) in [6.07, 6.45) is 3.69. The SMILES string of the molecule is CCNC(=NCC(C)(C)c1cccs1)NC1CCC(O)CC1. The number of hydrogen-bond acceptors (Lipinski definition) is 3. The van der Waals surface area contributed by atoms with Crippen molar-refractivity contribution in [3.63, 3.8) is 0 Å². The molecule has 1 heterocycles. The highest BCUT2D eigenvalue weighted by Gasteiger charge is 2.23. The Hall–Kier alpha value is -1.07. The van der Waals surface area contributed by atoms with Crippen LogP contribution in [0, 0.1) is 0 Å². The minimum absolute atomic E-state index is 0.0548. The van der Waals surface area contributed by atoms with E-state index in [2.05, 4.69) is 48.9 Å². The van der Waals surface area contributed by atoms with Crippen molar-refractivity contribution in [3.8, 4) is 0 Å². The van der Waals surface area contributed by atoms with Crippen molar-refractivity contribution in [2.45, 2.75) is 64.0 Å². The number of hydrogen-bond donors (Lipinski definition) is 3. The Balaban J connectivity index is 1.95. The summed E-state index contributed by atoms with van der Waals surface area (Å²) in [5.41, 5.74) is 0.0548. The lowest BCUT2D eigenvalue weighted by atomic mass is 9.92. The van der Waals surface area contributed by atoms with Crippen LogP contribution in [0.4, 0.5) is 0 Å². The molecule has 0 radical (unpaired) electrons. The molecule has 124 valence electrons. The summed E-state index contributed by atoms with van der Waals surface area (Å²) in [5, 5.41) is 18.6. The third-order valence-corrected chi connectivity index (χ3v) is 5.44. The number of thiophene rings is 1.